The van der Waals surface area contributed by atoms with Gasteiger partial charge in [0.15, 0.2) is 6.10 Å². The normalized spacial score (nSPS) is 14.5. The Labute approximate surface area is 87.8 Å². The zero-order valence-electron chi connectivity index (χ0n) is 6.85. The summed E-state index contributed by atoms with van der Waals surface area (Å²) in [6, 6.07) is 2.66. The van der Waals surface area contributed by atoms with Crippen LogP contribution in [0.25, 0.3) is 0 Å². The van der Waals surface area contributed by atoms with Crippen molar-refractivity contribution < 1.29 is 14.6 Å². The predicted octanol–water partition coefficient (Wildman–Crippen LogP) is 0.901. The molecular formula is C8H6BrFN2O2. The van der Waals surface area contributed by atoms with E-state index < -0.39 is 18.2 Å². The number of halogens is 2. The first-order chi connectivity index (χ1) is 6.56. The largest absolute Gasteiger partial charge is 0.384 e. The van der Waals surface area contributed by atoms with E-state index in [0.717, 1.165) is 0 Å². The summed E-state index contributed by atoms with van der Waals surface area (Å²) in [4.78, 5) is 3.32. The standard InChI is InChI=1S/C8H6BrFN2O2/c9-4-1-5(8(10)12-3-4)7(14)6(13)2-11/h1,3,6-7,13-14H. The van der Waals surface area contributed by atoms with E-state index in [1.165, 1.54) is 18.3 Å². The Kier molecular flexibility index (Phi) is 3.52. The third-order valence-corrected chi connectivity index (χ3v) is 2.02. The predicted molar refractivity (Wildman–Crippen MR) is 48.5 cm³/mol. The van der Waals surface area contributed by atoms with Crippen LogP contribution in [0.4, 0.5) is 4.39 Å². The van der Waals surface area contributed by atoms with E-state index in [-0.39, 0.29) is 5.56 Å². The van der Waals surface area contributed by atoms with E-state index in [0.29, 0.717) is 4.47 Å². The molecule has 1 rings (SSSR count). The quantitative estimate of drug-likeness (QED) is 0.612. The van der Waals surface area contributed by atoms with Crippen LogP contribution in [0, 0.1) is 17.3 Å². The second-order valence-electron chi connectivity index (χ2n) is 2.55. The Hall–Kier alpha value is -1.03. The van der Waals surface area contributed by atoms with Gasteiger partial charge in [-0.2, -0.15) is 9.65 Å². The molecule has 0 aliphatic heterocycles. The minimum absolute atomic E-state index is 0.214. The highest BCUT2D eigenvalue weighted by Crippen LogP contribution is 2.22. The van der Waals surface area contributed by atoms with Gasteiger partial charge in [0.1, 0.15) is 6.10 Å². The van der Waals surface area contributed by atoms with Crippen molar-refractivity contribution >= 4 is 15.9 Å². The van der Waals surface area contributed by atoms with Crippen LogP contribution in [0.15, 0.2) is 16.7 Å². The van der Waals surface area contributed by atoms with Gasteiger partial charge in [-0.1, -0.05) is 0 Å². The summed E-state index contributed by atoms with van der Waals surface area (Å²) in [6.07, 6.45) is -2.05. The Balaban J connectivity index is 3.07. The molecule has 0 aliphatic carbocycles. The molecule has 0 spiro atoms. The summed E-state index contributed by atoms with van der Waals surface area (Å²) in [6.45, 7) is 0. The molecule has 4 nitrogen and oxygen atoms in total. The van der Waals surface area contributed by atoms with E-state index in [9.17, 15) is 9.50 Å². The highest BCUT2D eigenvalue weighted by atomic mass is 79.9. The van der Waals surface area contributed by atoms with Crippen LogP contribution in [0.1, 0.15) is 11.7 Å². The number of nitriles is 1. The number of pyridine rings is 1. The van der Waals surface area contributed by atoms with Crippen LogP contribution >= 0.6 is 15.9 Å². The van der Waals surface area contributed by atoms with E-state index >= 15 is 0 Å². The van der Waals surface area contributed by atoms with Crippen molar-refractivity contribution in [3.8, 4) is 6.07 Å². The maximum absolute atomic E-state index is 13.0. The van der Waals surface area contributed by atoms with Crippen molar-refractivity contribution in [1.82, 2.24) is 4.98 Å². The molecule has 0 saturated carbocycles. The molecule has 0 fully saturated rings. The maximum atomic E-state index is 13.0. The second-order valence-corrected chi connectivity index (χ2v) is 3.47. The Morgan fingerprint density at radius 3 is 2.79 bits per heavy atom. The summed E-state index contributed by atoms with van der Waals surface area (Å²) in [7, 11) is 0. The molecule has 0 bridgehead atoms. The number of hydrogen-bond acceptors (Lipinski definition) is 4. The summed E-state index contributed by atoms with van der Waals surface area (Å²) in [5.74, 6) is -0.907. The smallest absolute Gasteiger partial charge is 0.218 e. The fourth-order valence-corrected chi connectivity index (χ4v) is 1.24. The average molecular weight is 261 g/mol. The van der Waals surface area contributed by atoms with Crippen LogP contribution < -0.4 is 0 Å². The molecule has 0 aromatic carbocycles. The number of hydrogen-bond donors (Lipinski definition) is 2. The molecule has 2 atom stereocenters. The molecule has 74 valence electrons. The molecule has 1 aromatic rings. The summed E-state index contributed by atoms with van der Waals surface area (Å²) in [5.41, 5.74) is -0.214. The Morgan fingerprint density at radius 2 is 2.21 bits per heavy atom. The molecule has 1 aromatic heterocycles. The maximum Gasteiger partial charge on any atom is 0.218 e. The Bertz CT molecular complexity index is 380. The number of rotatable bonds is 2. The van der Waals surface area contributed by atoms with Crippen molar-refractivity contribution in [3.63, 3.8) is 0 Å². The summed E-state index contributed by atoms with van der Waals surface area (Å²) in [5, 5.41) is 26.6. The van der Waals surface area contributed by atoms with Crippen molar-refractivity contribution in [2.75, 3.05) is 0 Å². The van der Waals surface area contributed by atoms with E-state index in [4.69, 9.17) is 10.4 Å². The monoisotopic (exact) mass is 260 g/mol. The lowest BCUT2D eigenvalue weighted by molar-refractivity contribution is 0.0497. The number of nitrogens with zero attached hydrogens (tertiary/aromatic N) is 2. The van der Waals surface area contributed by atoms with Crippen molar-refractivity contribution in [2.24, 2.45) is 0 Å². The topological polar surface area (TPSA) is 77.1 Å². The van der Waals surface area contributed by atoms with Crippen LogP contribution in [0.5, 0.6) is 0 Å². The van der Waals surface area contributed by atoms with Gasteiger partial charge in [0, 0.05) is 16.2 Å². The zero-order valence-corrected chi connectivity index (χ0v) is 8.44. The van der Waals surface area contributed by atoms with Gasteiger partial charge >= 0.3 is 0 Å². The first-order valence-corrected chi connectivity index (χ1v) is 4.42. The lowest BCUT2D eigenvalue weighted by atomic mass is 10.1. The van der Waals surface area contributed by atoms with Crippen molar-refractivity contribution in [2.45, 2.75) is 12.2 Å². The first kappa shape index (κ1) is 11.0. The third-order valence-electron chi connectivity index (χ3n) is 1.58. The molecule has 2 unspecified atom stereocenters. The number of aromatic nitrogens is 1. The van der Waals surface area contributed by atoms with Crippen LogP contribution in [-0.2, 0) is 0 Å². The molecule has 1 heterocycles. The molecule has 0 aliphatic rings. The lowest BCUT2D eigenvalue weighted by Crippen LogP contribution is -2.17. The average Bonchev–Trinajstić information content (AvgIpc) is 2.19. The van der Waals surface area contributed by atoms with Crippen molar-refractivity contribution in [1.29, 1.82) is 5.26 Å². The fraction of sp³-hybridized carbons (Fsp3) is 0.250. The lowest BCUT2D eigenvalue weighted by Gasteiger charge is -2.12. The first-order valence-electron chi connectivity index (χ1n) is 3.63. The van der Waals surface area contributed by atoms with Gasteiger partial charge in [-0.3, -0.25) is 0 Å². The minimum atomic E-state index is -1.67. The summed E-state index contributed by atoms with van der Waals surface area (Å²) >= 11 is 3.03. The molecular weight excluding hydrogens is 255 g/mol. The van der Waals surface area contributed by atoms with E-state index in [1.807, 2.05) is 0 Å². The highest BCUT2D eigenvalue weighted by molar-refractivity contribution is 9.10. The van der Waals surface area contributed by atoms with Gasteiger partial charge in [-0.05, 0) is 22.0 Å². The number of aliphatic hydroxyl groups is 2. The van der Waals surface area contributed by atoms with Gasteiger partial charge in [-0.15, -0.1) is 0 Å². The molecule has 0 amide bonds. The molecule has 14 heavy (non-hydrogen) atoms. The van der Waals surface area contributed by atoms with Gasteiger partial charge in [0.25, 0.3) is 0 Å². The molecule has 6 heteroatoms. The SMILES string of the molecule is N#CC(O)C(O)c1cc(Br)cnc1F. The van der Waals surface area contributed by atoms with Gasteiger partial charge in [0.2, 0.25) is 5.95 Å². The van der Waals surface area contributed by atoms with Gasteiger partial charge < -0.3 is 10.2 Å². The molecule has 2 N–H and O–H groups in total. The van der Waals surface area contributed by atoms with E-state index in [2.05, 4.69) is 20.9 Å². The molecule has 0 radical (unpaired) electrons. The molecule has 0 saturated heterocycles. The Morgan fingerprint density at radius 1 is 1.57 bits per heavy atom. The van der Waals surface area contributed by atoms with Crippen LogP contribution in [0.2, 0.25) is 0 Å². The highest BCUT2D eigenvalue weighted by Gasteiger charge is 2.22. The van der Waals surface area contributed by atoms with E-state index in [1.54, 1.807) is 0 Å². The second kappa shape index (κ2) is 4.46. The summed E-state index contributed by atoms with van der Waals surface area (Å²) < 4.78 is 13.5. The van der Waals surface area contributed by atoms with Crippen LogP contribution in [0.3, 0.4) is 0 Å². The number of aliphatic hydroxyl groups excluding tert-OH is 2. The van der Waals surface area contributed by atoms with Gasteiger partial charge in [0.05, 0.1) is 6.07 Å². The fourth-order valence-electron chi connectivity index (χ4n) is 0.886. The zero-order chi connectivity index (χ0) is 10.7. The van der Waals surface area contributed by atoms with Gasteiger partial charge in [-0.25, -0.2) is 4.98 Å². The van der Waals surface area contributed by atoms with Crippen LogP contribution in [-0.4, -0.2) is 21.3 Å². The van der Waals surface area contributed by atoms with Crippen molar-refractivity contribution in [3.05, 3.63) is 28.2 Å². The minimum Gasteiger partial charge on any atom is -0.384 e. The third kappa shape index (κ3) is 2.26.